The Bertz CT molecular complexity index is 354. The van der Waals surface area contributed by atoms with Gasteiger partial charge in [-0.1, -0.05) is 51.4 Å². The standard InChI is InChI=1S/C16H26ClNO/c1-11(2)15(12(3)4)9-18-10-16(19)13-5-7-14(17)8-6-13/h5-8,11-12,15-16,18-19H,9-10H2,1-4H3. The first-order valence-electron chi connectivity index (χ1n) is 7.06. The van der Waals surface area contributed by atoms with Crippen LogP contribution in [0.25, 0.3) is 0 Å². The van der Waals surface area contributed by atoms with Crippen LogP contribution in [0.4, 0.5) is 0 Å². The van der Waals surface area contributed by atoms with E-state index in [0.717, 1.165) is 12.1 Å². The molecule has 2 N–H and O–H groups in total. The number of hydrogen-bond donors (Lipinski definition) is 2. The van der Waals surface area contributed by atoms with Crippen LogP contribution in [0.5, 0.6) is 0 Å². The van der Waals surface area contributed by atoms with Crippen molar-refractivity contribution in [1.29, 1.82) is 0 Å². The first-order valence-corrected chi connectivity index (χ1v) is 7.43. The quantitative estimate of drug-likeness (QED) is 0.796. The first kappa shape index (κ1) is 16.5. The molecule has 0 fully saturated rings. The Morgan fingerprint density at radius 2 is 1.53 bits per heavy atom. The summed E-state index contributed by atoms with van der Waals surface area (Å²) in [4.78, 5) is 0. The molecule has 2 nitrogen and oxygen atoms in total. The molecule has 0 aliphatic carbocycles. The second-order valence-corrected chi connectivity index (χ2v) is 6.31. The van der Waals surface area contributed by atoms with Crippen LogP contribution in [0, 0.1) is 17.8 Å². The fourth-order valence-electron chi connectivity index (χ4n) is 2.43. The highest BCUT2D eigenvalue weighted by molar-refractivity contribution is 6.30. The Labute approximate surface area is 122 Å². The highest BCUT2D eigenvalue weighted by atomic mass is 35.5. The summed E-state index contributed by atoms with van der Waals surface area (Å²) in [6.45, 7) is 10.5. The van der Waals surface area contributed by atoms with Crippen LogP contribution < -0.4 is 5.32 Å². The van der Waals surface area contributed by atoms with Crippen molar-refractivity contribution in [2.24, 2.45) is 17.8 Å². The highest BCUT2D eigenvalue weighted by Crippen LogP contribution is 2.20. The van der Waals surface area contributed by atoms with Crippen LogP contribution in [0.3, 0.4) is 0 Å². The Morgan fingerprint density at radius 3 is 2.00 bits per heavy atom. The molecule has 1 atom stereocenters. The largest absolute Gasteiger partial charge is 0.387 e. The van der Waals surface area contributed by atoms with Crippen molar-refractivity contribution in [3.05, 3.63) is 34.9 Å². The van der Waals surface area contributed by atoms with E-state index in [0.29, 0.717) is 29.3 Å². The molecule has 0 aliphatic heterocycles. The summed E-state index contributed by atoms with van der Waals surface area (Å²) in [7, 11) is 0. The van der Waals surface area contributed by atoms with Crippen molar-refractivity contribution in [2.75, 3.05) is 13.1 Å². The molecule has 0 saturated carbocycles. The van der Waals surface area contributed by atoms with Crippen molar-refractivity contribution in [3.63, 3.8) is 0 Å². The molecule has 1 unspecified atom stereocenters. The maximum Gasteiger partial charge on any atom is 0.0914 e. The fourth-order valence-corrected chi connectivity index (χ4v) is 2.56. The van der Waals surface area contributed by atoms with Gasteiger partial charge in [-0.2, -0.15) is 0 Å². The van der Waals surface area contributed by atoms with Gasteiger partial charge in [0.25, 0.3) is 0 Å². The van der Waals surface area contributed by atoms with Crippen LogP contribution in [0.15, 0.2) is 24.3 Å². The molecule has 0 amide bonds. The number of aliphatic hydroxyl groups is 1. The lowest BCUT2D eigenvalue weighted by molar-refractivity contribution is 0.167. The molecule has 0 bridgehead atoms. The third-order valence-electron chi connectivity index (χ3n) is 3.69. The molecular weight excluding hydrogens is 258 g/mol. The van der Waals surface area contributed by atoms with Crippen LogP contribution in [0.2, 0.25) is 5.02 Å². The third kappa shape index (κ3) is 5.52. The smallest absolute Gasteiger partial charge is 0.0914 e. The Morgan fingerprint density at radius 1 is 1.00 bits per heavy atom. The highest BCUT2D eigenvalue weighted by Gasteiger charge is 2.17. The lowest BCUT2D eigenvalue weighted by Crippen LogP contribution is -2.32. The minimum Gasteiger partial charge on any atom is -0.387 e. The summed E-state index contributed by atoms with van der Waals surface area (Å²) in [5.74, 6) is 1.94. The maximum absolute atomic E-state index is 10.1. The van der Waals surface area contributed by atoms with Gasteiger partial charge >= 0.3 is 0 Å². The van der Waals surface area contributed by atoms with Gasteiger partial charge in [-0.3, -0.25) is 0 Å². The van der Waals surface area contributed by atoms with E-state index < -0.39 is 6.10 Å². The van der Waals surface area contributed by atoms with E-state index in [4.69, 9.17) is 11.6 Å². The first-order chi connectivity index (χ1) is 8.91. The monoisotopic (exact) mass is 283 g/mol. The molecule has 0 heterocycles. The Balaban J connectivity index is 2.42. The average Bonchev–Trinajstić information content (AvgIpc) is 2.34. The molecule has 0 aliphatic rings. The zero-order chi connectivity index (χ0) is 14.4. The van der Waals surface area contributed by atoms with Crippen LogP contribution in [-0.2, 0) is 0 Å². The minimum atomic E-state index is -0.475. The molecule has 1 rings (SSSR count). The normalized spacial score (nSPS) is 13.5. The van der Waals surface area contributed by atoms with Crippen molar-refractivity contribution >= 4 is 11.6 Å². The van der Waals surface area contributed by atoms with E-state index in [2.05, 4.69) is 33.0 Å². The molecule has 1 aromatic carbocycles. The molecule has 108 valence electrons. The molecule has 0 saturated heterocycles. The van der Waals surface area contributed by atoms with Gasteiger partial charge in [0.2, 0.25) is 0 Å². The molecule has 1 aromatic rings. The molecule has 0 aromatic heterocycles. The van der Waals surface area contributed by atoms with Crippen molar-refractivity contribution in [2.45, 2.75) is 33.8 Å². The number of halogens is 1. The second kappa shape index (κ2) is 7.88. The molecule has 0 radical (unpaired) electrons. The maximum atomic E-state index is 10.1. The van der Waals surface area contributed by atoms with Gasteiger partial charge in [0.15, 0.2) is 0 Å². The van der Waals surface area contributed by atoms with Gasteiger partial charge in [0.1, 0.15) is 0 Å². The van der Waals surface area contributed by atoms with E-state index in [1.54, 1.807) is 0 Å². The van der Waals surface area contributed by atoms with Gasteiger partial charge in [-0.15, -0.1) is 0 Å². The van der Waals surface area contributed by atoms with E-state index in [-0.39, 0.29) is 0 Å². The molecule has 0 spiro atoms. The summed E-state index contributed by atoms with van der Waals surface area (Å²) in [6.07, 6.45) is -0.475. The Kier molecular flexibility index (Phi) is 6.84. The van der Waals surface area contributed by atoms with Crippen molar-refractivity contribution in [1.82, 2.24) is 5.32 Å². The molecular formula is C16H26ClNO. The topological polar surface area (TPSA) is 32.3 Å². The number of rotatable bonds is 7. The zero-order valence-electron chi connectivity index (χ0n) is 12.4. The van der Waals surface area contributed by atoms with Crippen LogP contribution >= 0.6 is 11.6 Å². The van der Waals surface area contributed by atoms with Gasteiger partial charge in [0, 0.05) is 11.6 Å². The minimum absolute atomic E-state index is 0.475. The lowest BCUT2D eigenvalue weighted by Gasteiger charge is -2.25. The summed E-state index contributed by atoms with van der Waals surface area (Å²) in [6, 6.07) is 7.37. The van der Waals surface area contributed by atoms with Crippen molar-refractivity contribution < 1.29 is 5.11 Å². The van der Waals surface area contributed by atoms with Gasteiger partial charge < -0.3 is 10.4 Å². The van der Waals surface area contributed by atoms with E-state index in [1.807, 2.05) is 24.3 Å². The zero-order valence-corrected chi connectivity index (χ0v) is 13.1. The summed E-state index contributed by atoms with van der Waals surface area (Å²) in [5.41, 5.74) is 0.905. The summed E-state index contributed by atoms with van der Waals surface area (Å²) in [5, 5.41) is 14.2. The predicted octanol–water partition coefficient (Wildman–Crippen LogP) is 3.89. The summed E-state index contributed by atoms with van der Waals surface area (Å²) < 4.78 is 0. The average molecular weight is 284 g/mol. The van der Waals surface area contributed by atoms with Crippen LogP contribution in [0.1, 0.15) is 39.4 Å². The summed E-state index contributed by atoms with van der Waals surface area (Å²) >= 11 is 5.83. The Hall–Kier alpha value is -0.570. The second-order valence-electron chi connectivity index (χ2n) is 5.88. The molecule has 19 heavy (non-hydrogen) atoms. The van der Waals surface area contributed by atoms with E-state index >= 15 is 0 Å². The predicted molar refractivity (Wildman–Crippen MR) is 82.4 cm³/mol. The number of benzene rings is 1. The number of nitrogens with one attached hydrogen (secondary N) is 1. The number of aliphatic hydroxyl groups excluding tert-OH is 1. The molecule has 3 heteroatoms. The van der Waals surface area contributed by atoms with Gasteiger partial charge in [0.05, 0.1) is 6.10 Å². The van der Waals surface area contributed by atoms with E-state index in [9.17, 15) is 5.11 Å². The number of hydrogen-bond acceptors (Lipinski definition) is 2. The lowest BCUT2D eigenvalue weighted by atomic mass is 9.85. The van der Waals surface area contributed by atoms with Gasteiger partial charge in [-0.25, -0.2) is 0 Å². The van der Waals surface area contributed by atoms with Crippen LogP contribution in [-0.4, -0.2) is 18.2 Å². The van der Waals surface area contributed by atoms with E-state index in [1.165, 1.54) is 0 Å². The van der Waals surface area contributed by atoms with Crippen molar-refractivity contribution in [3.8, 4) is 0 Å². The third-order valence-corrected chi connectivity index (χ3v) is 3.94. The van der Waals surface area contributed by atoms with Gasteiger partial charge in [-0.05, 0) is 42.0 Å². The fraction of sp³-hybridized carbons (Fsp3) is 0.625. The SMILES string of the molecule is CC(C)C(CNCC(O)c1ccc(Cl)cc1)C(C)C.